The van der Waals surface area contributed by atoms with E-state index in [4.69, 9.17) is 22.1 Å². The van der Waals surface area contributed by atoms with Gasteiger partial charge in [-0.2, -0.15) is 0 Å². The number of nitrogens with zero attached hydrogens (tertiary/aromatic N) is 5. The molecule has 2 amide bonds. The van der Waals surface area contributed by atoms with E-state index in [9.17, 15) is 9.59 Å². The third-order valence-corrected chi connectivity index (χ3v) is 6.27. The number of hydrogen-bond acceptors (Lipinski definition) is 7. The molecule has 0 atom stereocenters. The minimum atomic E-state index is -1.12. The summed E-state index contributed by atoms with van der Waals surface area (Å²) in [5.41, 5.74) is 5.81. The molecule has 1 aliphatic carbocycles. The average molecular weight is 484 g/mol. The number of methoxy groups -OCH3 is 1. The Kier molecular flexibility index (Phi) is 6.97. The molecule has 34 heavy (non-hydrogen) atoms. The normalized spacial score (nSPS) is 14.9. The second-order valence-corrected chi connectivity index (χ2v) is 8.62. The molecule has 0 radical (unpaired) electrons. The number of aromatic nitrogens is 4. The molecule has 0 spiro atoms. The molecule has 11 heteroatoms. The van der Waals surface area contributed by atoms with Crippen LogP contribution in [0.25, 0.3) is 0 Å². The maximum absolute atomic E-state index is 13.9. The fourth-order valence-corrected chi connectivity index (χ4v) is 4.56. The molecular formula is C23H26ClN7O3. The van der Waals surface area contributed by atoms with E-state index in [-0.39, 0.29) is 24.3 Å². The van der Waals surface area contributed by atoms with E-state index in [2.05, 4.69) is 20.8 Å². The smallest absolute Gasteiger partial charge is 0.250 e. The molecule has 1 fully saturated rings. The zero-order valence-corrected chi connectivity index (χ0v) is 19.5. The molecule has 3 aromatic rings. The van der Waals surface area contributed by atoms with Gasteiger partial charge in [0, 0.05) is 16.4 Å². The molecule has 1 aliphatic rings. The minimum absolute atomic E-state index is 0.0137. The fourth-order valence-electron chi connectivity index (χ4n) is 4.38. The number of nitrogens with one attached hydrogen (secondary N) is 1. The lowest BCUT2D eigenvalue weighted by Gasteiger charge is -2.45. The van der Waals surface area contributed by atoms with Gasteiger partial charge in [0.25, 0.3) is 5.91 Å². The van der Waals surface area contributed by atoms with Crippen molar-refractivity contribution in [3.63, 3.8) is 0 Å². The molecule has 3 N–H and O–H groups in total. The summed E-state index contributed by atoms with van der Waals surface area (Å²) in [6.07, 6.45) is 3.58. The molecule has 10 nitrogen and oxygen atoms in total. The number of benzene rings is 2. The van der Waals surface area contributed by atoms with Gasteiger partial charge in [0.15, 0.2) is 0 Å². The number of halogens is 1. The van der Waals surface area contributed by atoms with Gasteiger partial charge in [0.2, 0.25) is 11.9 Å². The number of anilines is 3. The molecule has 2 aromatic carbocycles. The topological polar surface area (TPSA) is 128 Å². The lowest BCUT2D eigenvalue weighted by molar-refractivity contribution is -0.128. The van der Waals surface area contributed by atoms with Gasteiger partial charge >= 0.3 is 0 Å². The van der Waals surface area contributed by atoms with Crippen LogP contribution in [0, 0.1) is 0 Å². The summed E-state index contributed by atoms with van der Waals surface area (Å²) >= 11 is 6.28. The van der Waals surface area contributed by atoms with Crippen LogP contribution in [-0.4, -0.2) is 44.7 Å². The lowest BCUT2D eigenvalue weighted by atomic mass is 9.78. The Bertz CT molecular complexity index is 1160. The van der Waals surface area contributed by atoms with Crippen LogP contribution in [0.3, 0.4) is 0 Å². The van der Waals surface area contributed by atoms with Gasteiger partial charge in [0.05, 0.1) is 7.11 Å². The van der Waals surface area contributed by atoms with E-state index >= 15 is 0 Å². The first-order valence-electron chi connectivity index (χ1n) is 11.0. The molecular weight excluding hydrogens is 458 g/mol. The van der Waals surface area contributed by atoms with Crippen LogP contribution >= 0.6 is 11.6 Å². The third-order valence-electron chi connectivity index (χ3n) is 6.04. The number of ether oxygens (including phenoxy) is 1. The van der Waals surface area contributed by atoms with Crippen LogP contribution in [0.4, 0.5) is 17.3 Å². The lowest BCUT2D eigenvalue weighted by Crippen LogP contribution is -2.61. The first-order valence-corrected chi connectivity index (χ1v) is 11.4. The van der Waals surface area contributed by atoms with Gasteiger partial charge in [-0.3, -0.25) is 14.5 Å². The highest BCUT2D eigenvalue weighted by molar-refractivity contribution is 6.31. The van der Waals surface area contributed by atoms with Crippen LogP contribution in [0.15, 0.2) is 48.5 Å². The number of nitrogens with two attached hydrogens (primary N) is 1. The summed E-state index contributed by atoms with van der Waals surface area (Å²) in [6, 6.07) is 14.0. The predicted molar refractivity (Wildman–Crippen MR) is 129 cm³/mol. The number of amides is 2. The van der Waals surface area contributed by atoms with E-state index in [0.29, 0.717) is 35.0 Å². The van der Waals surface area contributed by atoms with Gasteiger partial charge in [0.1, 0.15) is 17.8 Å². The summed E-state index contributed by atoms with van der Waals surface area (Å²) in [4.78, 5) is 29.1. The quantitative estimate of drug-likeness (QED) is 0.527. The molecule has 1 aromatic heterocycles. The molecule has 0 bridgehead atoms. The van der Waals surface area contributed by atoms with Crippen molar-refractivity contribution in [2.75, 3.05) is 23.1 Å². The summed E-state index contributed by atoms with van der Waals surface area (Å²) in [6.45, 7) is -0.219. The van der Waals surface area contributed by atoms with Gasteiger partial charge in [-0.1, -0.05) is 42.0 Å². The summed E-state index contributed by atoms with van der Waals surface area (Å²) < 4.78 is 6.41. The average Bonchev–Trinajstić information content (AvgIpc) is 3.24. The second-order valence-electron chi connectivity index (χ2n) is 8.18. The van der Waals surface area contributed by atoms with Crippen LogP contribution in [0.2, 0.25) is 5.02 Å². The van der Waals surface area contributed by atoms with Gasteiger partial charge in [-0.25, -0.2) is 4.68 Å². The van der Waals surface area contributed by atoms with Crippen molar-refractivity contribution < 1.29 is 14.3 Å². The van der Waals surface area contributed by atoms with E-state index in [1.54, 1.807) is 55.6 Å². The largest absolute Gasteiger partial charge is 0.497 e. The number of nitrogen functional groups attached to an aromatic ring is 1. The van der Waals surface area contributed by atoms with E-state index in [0.717, 1.165) is 19.3 Å². The maximum atomic E-state index is 13.9. The third kappa shape index (κ3) is 4.81. The highest BCUT2D eigenvalue weighted by atomic mass is 35.5. The zero-order chi connectivity index (χ0) is 24.1. The molecule has 0 unspecified atom stereocenters. The molecule has 1 heterocycles. The summed E-state index contributed by atoms with van der Waals surface area (Å²) in [7, 11) is 1.58. The van der Waals surface area contributed by atoms with E-state index in [1.165, 1.54) is 9.58 Å². The van der Waals surface area contributed by atoms with Crippen molar-refractivity contribution in [1.29, 1.82) is 0 Å². The Morgan fingerprint density at radius 1 is 1.18 bits per heavy atom. The van der Waals surface area contributed by atoms with Gasteiger partial charge < -0.3 is 15.8 Å². The molecule has 1 saturated carbocycles. The predicted octanol–water partition coefficient (Wildman–Crippen LogP) is 3.29. The number of carbonyl (C=O) groups excluding carboxylic acids is 2. The Balaban J connectivity index is 1.74. The maximum Gasteiger partial charge on any atom is 0.250 e. The van der Waals surface area contributed by atoms with Crippen molar-refractivity contribution in [2.45, 2.75) is 44.2 Å². The van der Waals surface area contributed by atoms with Crippen molar-refractivity contribution in [3.05, 3.63) is 53.6 Å². The molecule has 178 valence electrons. The van der Waals surface area contributed by atoms with Crippen molar-refractivity contribution in [2.24, 2.45) is 0 Å². The van der Waals surface area contributed by atoms with E-state index < -0.39 is 5.54 Å². The molecule has 0 saturated heterocycles. The summed E-state index contributed by atoms with van der Waals surface area (Å²) in [5, 5.41) is 14.4. The molecule has 0 aliphatic heterocycles. The zero-order valence-electron chi connectivity index (χ0n) is 18.8. The standard InChI is InChI=1S/C23H26ClN7O3/c1-34-19-10-8-17(9-11-19)26-21(33)23(12-3-2-4-13-23)31(18-7-5-6-16(24)14-18)20(32)15-30-22(25)27-28-29-30/h5-11,14H,2-4,12-13,15H2,1H3,(H,26,33)(H2,25,27,29). The van der Waals surface area contributed by atoms with E-state index in [1.807, 2.05) is 0 Å². The Hall–Kier alpha value is -3.66. The van der Waals surface area contributed by atoms with Gasteiger partial charge in [-0.15, -0.1) is 0 Å². The first-order chi connectivity index (χ1) is 16.4. The number of tetrazole rings is 1. The van der Waals surface area contributed by atoms with Crippen molar-refractivity contribution in [1.82, 2.24) is 20.2 Å². The number of rotatable bonds is 7. The Labute approximate surface area is 202 Å². The fraction of sp³-hybridized carbons (Fsp3) is 0.348. The van der Waals surface area contributed by atoms with Crippen LogP contribution in [0.5, 0.6) is 5.75 Å². The number of hydrogen-bond donors (Lipinski definition) is 2. The highest BCUT2D eigenvalue weighted by Crippen LogP contribution is 2.39. The summed E-state index contributed by atoms with van der Waals surface area (Å²) in [5.74, 6) is 0.0586. The van der Waals surface area contributed by atoms with Crippen LogP contribution in [-0.2, 0) is 16.1 Å². The van der Waals surface area contributed by atoms with Crippen molar-refractivity contribution >= 4 is 40.7 Å². The Morgan fingerprint density at radius 2 is 1.91 bits per heavy atom. The number of carbonyl (C=O) groups is 2. The van der Waals surface area contributed by atoms with Crippen LogP contribution < -0.4 is 20.7 Å². The van der Waals surface area contributed by atoms with Crippen LogP contribution in [0.1, 0.15) is 32.1 Å². The second kappa shape index (κ2) is 10.1. The molecule has 4 rings (SSSR count). The Morgan fingerprint density at radius 3 is 2.53 bits per heavy atom. The first kappa shape index (κ1) is 23.5. The monoisotopic (exact) mass is 483 g/mol. The van der Waals surface area contributed by atoms with Crippen molar-refractivity contribution in [3.8, 4) is 5.75 Å². The minimum Gasteiger partial charge on any atom is -0.497 e. The SMILES string of the molecule is COc1ccc(NC(=O)C2(N(C(=O)Cn3nnnc3N)c3cccc(Cl)c3)CCCCC2)cc1. The highest BCUT2D eigenvalue weighted by Gasteiger charge is 2.48. The van der Waals surface area contributed by atoms with Gasteiger partial charge in [-0.05, 0) is 65.7 Å².